The van der Waals surface area contributed by atoms with Gasteiger partial charge in [0.15, 0.2) is 0 Å². The first-order valence-corrected chi connectivity index (χ1v) is 10.3. The Morgan fingerprint density at radius 3 is 2.50 bits per heavy atom. The van der Waals surface area contributed by atoms with Gasteiger partial charge in [-0.05, 0) is 31.4 Å². The molecule has 0 spiro atoms. The molecule has 2 rings (SSSR count). The molecule has 1 aromatic carbocycles. The summed E-state index contributed by atoms with van der Waals surface area (Å²) in [6, 6.07) is 5.01. The van der Waals surface area contributed by atoms with Gasteiger partial charge in [0.25, 0.3) is 5.69 Å². The number of anilines is 1. The molecule has 12 nitrogen and oxygen atoms in total. The summed E-state index contributed by atoms with van der Waals surface area (Å²) in [6.07, 6.45) is 4.28. The van der Waals surface area contributed by atoms with Gasteiger partial charge in [0.05, 0.1) is 23.9 Å². The zero-order valence-corrected chi connectivity index (χ0v) is 21.1. The summed E-state index contributed by atoms with van der Waals surface area (Å²) in [5.41, 5.74) is 0.547. The van der Waals surface area contributed by atoms with E-state index in [4.69, 9.17) is 5.11 Å². The van der Waals surface area contributed by atoms with Crippen LogP contribution >= 0.6 is 0 Å². The molecule has 0 saturated heterocycles. The molecule has 0 bridgehead atoms. The molecule has 1 unspecified atom stereocenters. The Kier molecular flexibility index (Phi) is 12.7. The number of hydrogen-bond acceptors (Lipinski definition) is 8. The number of aryl methyl sites for hydroxylation is 1. The molecule has 1 aromatic heterocycles. The Morgan fingerprint density at radius 1 is 1.15 bits per heavy atom. The van der Waals surface area contributed by atoms with Crippen LogP contribution in [-0.2, 0) is 14.4 Å². The van der Waals surface area contributed by atoms with Crippen LogP contribution in [0.4, 0.5) is 11.6 Å². The molecule has 0 aliphatic heterocycles. The van der Waals surface area contributed by atoms with Crippen LogP contribution in [0.5, 0.6) is 0 Å². The molecular formula is C21H26N6NaO6+. The number of rotatable bonds is 13. The van der Waals surface area contributed by atoms with Crippen LogP contribution in [0.2, 0.25) is 0 Å². The molecule has 2 aromatic rings. The van der Waals surface area contributed by atoms with Crippen LogP contribution in [0.3, 0.4) is 0 Å². The third kappa shape index (κ3) is 10.2. The minimum absolute atomic E-state index is 0. The topological polar surface area (TPSA) is 176 Å². The number of nitro groups is 1. The van der Waals surface area contributed by atoms with Gasteiger partial charge in [0.2, 0.25) is 17.8 Å². The van der Waals surface area contributed by atoms with E-state index in [9.17, 15) is 24.5 Å². The van der Waals surface area contributed by atoms with Gasteiger partial charge in [-0.15, -0.1) is 0 Å². The van der Waals surface area contributed by atoms with Crippen molar-refractivity contribution in [1.82, 2.24) is 20.6 Å². The third-order valence-electron chi connectivity index (χ3n) is 4.67. The number of nitrogens with zero attached hydrogens (tertiary/aromatic N) is 3. The summed E-state index contributed by atoms with van der Waals surface area (Å²) < 4.78 is 0. The molecule has 34 heavy (non-hydrogen) atoms. The number of carbonyl (C=O) groups is 3. The van der Waals surface area contributed by atoms with Crippen LogP contribution in [0.1, 0.15) is 42.9 Å². The van der Waals surface area contributed by atoms with Gasteiger partial charge in [-0.2, -0.15) is 0 Å². The van der Waals surface area contributed by atoms with Gasteiger partial charge in [-0.3, -0.25) is 24.5 Å². The van der Waals surface area contributed by atoms with E-state index in [2.05, 4.69) is 25.9 Å². The molecule has 4 N–H and O–H groups in total. The molecule has 176 valence electrons. The predicted octanol–water partition coefficient (Wildman–Crippen LogP) is -1.27. The van der Waals surface area contributed by atoms with Gasteiger partial charge in [0.1, 0.15) is 0 Å². The van der Waals surface area contributed by atoms with Gasteiger partial charge < -0.3 is 21.1 Å². The zero-order chi connectivity index (χ0) is 24.2. The summed E-state index contributed by atoms with van der Waals surface area (Å²) in [5, 5.41) is 28.4. The van der Waals surface area contributed by atoms with Crippen LogP contribution in [-0.4, -0.2) is 50.9 Å². The Morgan fingerprint density at radius 2 is 1.85 bits per heavy atom. The average Bonchev–Trinajstić information content (AvgIpc) is 2.77. The molecule has 2 amide bonds. The summed E-state index contributed by atoms with van der Waals surface area (Å²) in [4.78, 5) is 54.1. The van der Waals surface area contributed by atoms with Crippen molar-refractivity contribution >= 4 is 29.4 Å². The van der Waals surface area contributed by atoms with Crippen molar-refractivity contribution in [3.63, 3.8) is 0 Å². The third-order valence-corrected chi connectivity index (χ3v) is 4.67. The van der Waals surface area contributed by atoms with E-state index in [1.54, 1.807) is 25.4 Å². The fraction of sp³-hybridized carbons (Fsp3) is 0.381. The number of aliphatic carboxylic acids is 1. The largest absolute Gasteiger partial charge is 1.00 e. The van der Waals surface area contributed by atoms with Gasteiger partial charge >= 0.3 is 35.5 Å². The number of benzene rings is 1. The van der Waals surface area contributed by atoms with Gasteiger partial charge in [-0.25, -0.2) is 9.97 Å². The smallest absolute Gasteiger partial charge is 0.481 e. The van der Waals surface area contributed by atoms with Crippen LogP contribution in [0, 0.1) is 17.0 Å². The summed E-state index contributed by atoms with van der Waals surface area (Å²) in [7, 11) is 0. The second kappa shape index (κ2) is 14.9. The van der Waals surface area contributed by atoms with Crippen molar-refractivity contribution in [3.8, 4) is 0 Å². The van der Waals surface area contributed by atoms with Crippen LogP contribution in [0.25, 0.3) is 0 Å². The number of aromatic nitrogens is 2. The van der Waals surface area contributed by atoms with E-state index < -0.39 is 29.3 Å². The van der Waals surface area contributed by atoms with E-state index >= 15 is 0 Å². The number of nitrogens with one attached hydrogen (secondary N) is 3. The minimum Gasteiger partial charge on any atom is -0.481 e. The maximum atomic E-state index is 12.3. The molecule has 13 heteroatoms. The molecule has 0 aliphatic carbocycles. The van der Waals surface area contributed by atoms with Crippen molar-refractivity contribution in [2.45, 2.75) is 38.6 Å². The summed E-state index contributed by atoms with van der Waals surface area (Å²) in [6.45, 7) is 1.82. The molecule has 0 radical (unpaired) electrons. The normalized spacial score (nSPS) is 11.0. The van der Waals surface area contributed by atoms with Crippen molar-refractivity contribution in [2.75, 3.05) is 18.4 Å². The zero-order valence-electron chi connectivity index (χ0n) is 19.1. The van der Waals surface area contributed by atoms with Gasteiger partial charge in [0, 0.05) is 37.0 Å². The Balaban J connectivity index is 0.00000578. The van der Waals surface area contributed by atoms with Gasteiger partial charge in [-0.1, -0.05) is 12.1 Å². The first-order chi connectivity index (χ1) is 15.8. The van der Waals surface area contributed by atoms with Crippen LogP contribution in [0.15, 0.2) is 36.7 Å². The van der Waals surface area contributed by atoms with Crippen molar-refractivity contribution < 1.29 is 54.0 Å². The fourth-order valence-electron chi connectivity index (χ4n) is 2.98. The SMILES string of the molecule is Cc1ccc(C(CC(=O)O)NC(=O)CNC(=O)CCCCNc2ncccn2)cc1[N+](=O)[O-].[Na+]. The number of unbranched alkanes of at least 4 members (excludes halogenated alkanes) is 1. The predicted molar refractivity (Wildman–Crippen MR) is 118 cm³/mol. The fourth-order valence-corrected chi connectivity index (χ4v) is 2.98. The van der Waals surface area contributed by atoms with E-state index in [1.807, 2.05) is 0 Å². The molecule has 0 saturated carbocycles. The average molecular weight is 481 g/mol. The van der Waals surface area contributed by atoms with Crippen molar-refractivity contribution in [1.29, 1.82) is 0 Å². The molecule has 0 fully saturated rings. The van der Waals surface area contributed by atoms with Crippen molar-refractivity contribution in [2.24, 2.45) is 0 Å². The van der Waals surface area contributed by atoms with E-state index in [1.165, 1.54) is 18.2 Å². The number of carboxylic acid groups (broad SMARTS) is 1. The van der Waals surface area contributed by atoms with Crippen molar-refractivity contribution in [3.05, 3.63) is 57.9 Å². The first kappa shape index (κ1) is 28.9. The summed E-state index contributed by atoms with van der Waals surface area (Å²) in [5.74, 6) is -1.59. The molecule has 0 aliphatic rings. The van der Waals surface area contributed by atoms with Crippen LogP contribution < -0.4 is 45.5 Å². The first-order valence-electron chi connectivity index (χ1n) is 10.3. The van der Waals surface area contributed by atoms with E-state index in [-0.39, 0.29) is 54.1 Å². The Labute approximate surface area is 218 Å². The summed E-state index contributed by atoms with van der Waals surface area (Å²) >= 11 is 0. The molecule has 1 atom stereocenters. The second-order valence-electron chi connectivity index (χ2n) is 7.25. The number of nitro benzene ring substituents is 1. The number of amides is 2. The standard InChI is InChI=1S/C21H26N6O6.Na/c1-14-6-7-15(11-17(14)27(32)33)16(12-20(30)31)26-19(29)13-25-18(28)5-2-3-8-22-21-23-9-4-10-24-21;/h4,6-7,9-11,16H,2-3,5,8,12-13H2,1H3,(H,25,28)(H,26,29)(H,30,31)(H,22,23,24);/q;+1. The quantitative estimate of drug-likeness (QED) is 0.118. The number of carbonyl (C=O) groups excluding carboxylic acids is 2. The maximum Gasteiger partial charge on any atom is 1.00 e. The van der Waals surface area contributed by atoms with E-state index in [0.29, 0.717) is 36.5 Å². The Bertz CT molecular complexity index is 991. The second-order valence-corrected chi connectivity index (χ2v) is 7.25. The number of carboxylic acids is 1. The Hall–Kier alpha value is -3.09. The molecule has 1 heterocycles. The van der Waals surface area contributed by atoms with E-state index in [0.717, 1.165) is 0 Å². The minimum atomic E-state index is -1.18. The maximum absolute atomic E-state index is 12.3. The number of hydrogen-bond donors (Lipinski definition) is 4. The molecular weight excluding hydrogens is 455 g/mol. The monoisotopic (exact) mass is 481 g/mol.